The molecule has 3 rings (SSSR count). The van der Waals surface area contributed by atoms with Crippen LogP contribution in [0.3, 0.4) is 0 Å². The largest absolute Gasteiger partial charge is 0.314 e. The maximum absolute atomic E-state index is 12.4. The number of halogens is 1. The molecular formula is C14H18ClN3O2S2. The standard InChI is InChI=1S/C14H18ClN3O2S2/c15-12-1-2-13-11(9-12)10-14(21-13)22(19,20)17-5-8-18-6-3-16-4-7-18/h1-2,9-10,16-17H,3-8H2. The summed E-state index contributed by atoms with van der Waals surface area (Å²) in [4.78, 5) is 2.25. The van der Waals surface area contributed by atoms with Gasteiger partial charge in [0.25, 0.3) is 0 Å². The minimum absolute atomic E-state index is 0.338. The van der Waals surface area contributed by atoms with Gasteiger partial charge in [0.15, 0.2) is 0 Å². The van der Waals surface area contributed by atoms with E-state index in [9.17, 15) is 8.42 Å². The summed E-state index contributed by atoms with van der Waals surface area (Å²) in [7, 11) is -3.45. The first-order valence-corrected chi connectivity index (χ1v) is 9.84. The first kappa shape index (κ1) is 16.2. The van der Waals surface area contributed by atoms with Crippen LogP contribution in [0.15, 0.2) is 28.5 Å². The summed E-state index contributed by atoms with van der Waals surface area (Å²) in [5, 5.41) is 4.75. The van der Waals surface area contributed by atoms with Gasteiger partial charge in [0.2, 0.25) is 10.0 Å². The first-order valence-electron chi connectivity index (χ1n) is 7.16. The lowest BCUT2D eigenvalue weighted by atomic mass is 10.3. The quantitative estimate of drug-likeness (QED) is 0.853. The van der Waals surface area contributed by atoms with Gasteiger partial charge in [-0.3, -0.25) is 4.90 Å². The average Bonchev–Trinajstić information content (AvgIpc) is 2.92. The molecule has 0 bridgehead atoms. The summed E-state index contributed by atoms with van der Waals surface area (Å²) < 4.78 is 28.7. The van der Waals surface area contributed by atoms with Gasteiger partial charge in [-0.05, 0) is 29.7 Å². The number of sulfonamides is 1. The molecule has 2 heterocycles. The predicted molar refractivity (Wildman–Crippen MR) is 91.3 cm³/mol. The van der Waals surface area contributed by atoms with E-state index in [4.69, 9.17) is 11.6 Å². The molecule has 8 heteroatoms. The molecule has 0 saturated carbocycles. The Kier molecular flexibility index (Phi) is 5.01. The van der Waals surface area contributed by atoms with Crippen molar-refractivity contribution in [1.29, 1.82) is 0 Å². The number of rotatable bonds is 5. The van der Waals surface area contributed by atoms with Crippen LogP contribution in [-0.2, 0) is 10.0 Å². The summed E-state index contributed by atoms with van der Waals surface area (Å²) in [6.07, 6.45) is 0. The van der Waals surface area contributed by atoms with Gasteiger partial charge in [-0.1, -0.05) is 11.6 Å². The van der Waals surface area contributed by atoms with Gasteiger partial charge < -0.3 is 5.32 Å². The van der Waals surface area contributed by atoms with Crippen LogP contribution in [-0.4, -0.2) is 52.6 Å². The molecular weight excluding hydrogens is 342 g/mol. The molecule has 1 aromatic carbocycles. The highest BCUT2D eigenvalue weighted by Crippen LogP contribution is 2.30. The smallest absolute Gasteiger partial charge is 0.250 e. The minimum Gasteiger partial charge on any atom is -0.314 e. The molecule has 1 aromatic heterocycles. The van der Waals surface area contributed by atoms with Gasteiger partial charge in [-0.15, -0.1) is 11.3 Å². The second-order valence-corrected chi connectivity index (χ2v) is 8.75. The lowest BCUT2D eigenvalue weighted by Gasteiger charge is -2.26. The number of piperazine rings is 1. The van der Waals surface area contributed by atoms with Gasteiger partial charge in [0.05, 0.1) is 0 Å². The highest BCUT2D eigenvalue weighted by molar-refractivity contribution is 7.91. The third-order valence-electron chi connectivity index (χ3n) is 3.65. The van der Waals surface area contributed by atoms with Crippen LogP contribution in [0.4, 0.5) is 0 Å². The van der Waals surface area contributed by atoms with E-state index in [0.717, 1.165) is 42.8 Å². The van der Waals surface area contributed by atoms with Crippen LogP contribution in [0.5, 0.6) is 0 Å². The molecule has 0 amide bonds. The lowest BCUT2D eigenvalue weighted by molar-refractivity contribution is 0.245. The number of nitrogens with one attached hydrogen (secondary N) is 2. The van der Waals surface area contributed by atoms with E-state index in [1.165, 1.54) is 11.3 Å². The first-order chi connectivity index (χ1) is 10.5. The molecule has 2 aromatic rings. The summed E-state index contributed by atoms with van der Waals surface area (Å²) in [5.74, 6) is 0. The molecule has 0 atom stereocenters. The van der Waals surface area contributed by atoms with Crippen molar-refractivity contribution in [2.45, 2.75) is 4.21 Å². The average molecular weight is 360 g/mol. The van der Waals surface area contributed by atoms with Crippen molar-refractivity contribution in [3.05, 3.63) is 29.3 Å². The molecule has 0 radical (unpaired) electrons. The Morgan fingerprint density at radius 1 is 1.27 bits per heavy atom. The fourth-order valence-corrected chi connectivity index (χ4v) is 5.09. The van der Waals surface area contributed by atoms with Gasteiger partial charge in [0, 0.05) is 49.0 Å². The Balaban J connectivity index is 1.65. The van der Waals surface area contributed by atoms with Crippen LogP contribution in [0.2, 0.25) is 5.02 Å². The van der Waals surface area contributed by atoms with Gasteiger partial charge >= 0.3 is 0 Å². The number of benzene rings is 1. The topological polar surface area (TPSA) is 61.4 Å². The zero-order chi connectivity index (χ0) is 15.6. The van der Waals surface area contributed by atoms with Crippen LogP contribution in [0.1, 0.15) is 0 Å². The van der Waals surface area contributed by atoms with Crippen molar-refractivity contribution in [2.24, 2.45) is 0 Å². The van der Waals surface area contributed by atoms with E-state index in [-0.39, 0.29) is 0 Å². The monoisotopic (exact) mass is 359 g/mol. The summed E-state index contributed by atoms with van der Waals surface area (Å²) in [6.45, 7) is 5.01. The Morgan fingerprint density at radius 3 is 2.82 bits per heavy atom. The highest BCUT2D eigenvalue weighted by Gasteiger charge is 2.18. The Labute approximate surface area is 139 Å². The van der Waals surface area contributed by atoms with Gasteiger partial charge in [-0.2, -0.15) is 0 Å². The Hall–Kier alpha value is -0.700. The van der Waals surface area contributed by atoms with E-state index < -0.39 is 10.0 Å². The SMILES string of the molecule is O=S(=O)(NCCN1CCNCC1)c1cc2cc(Cl)ccc2s1. The second kappa shape index (κ2) is 6.82. The number of hydrogen-bond donors (Lipinski definition) is 2. The molecule has 1 saturated heterocycles. The highest BCUT2D eigenvalue weighted by atomic mass is 35.5. The molecule has 0 spiro atoms. The second-order valence-electron chi connectivity index (χ2n) is 5.24. The van der Waals surface area contributed by atoms with Crippen molar-refractivity contribution in [1.82, 2.24) is 14.9 Å². The fourth-order valence-electron chi connectivity index (χ4n) is 2.47. The van der Waals surface area contributed by atoms with E-state index >= 15 is 0 Å². The van der Waals surface area contributed by atoms with Crippen molar-refractivity contribution in [2.75, 3.05) is 39.3 Å². The maximum atomic E-state index is 12.4. The molecule has 1 fully saturated rings. The normalized spacial score (nSPS) is 17.1. The van der Waals surface area contributed by atoms with E-state index in [0.29, 0.717) is 15.8 Å². The van der Waals surface area contributed by atoms with Crippen LogP contribution in [0.25, 0.3) is 10.1 Å². The third-order valence-corrected chi connectivity index (χ3v) is 6.94. The van der Waals surface area contributed by atoms with Crippen molar-refractivity contribution in [3.8, 4) is 0 Å². The van der Waals surface area contributed by atoms with Crippen molar-refractivity contribution >= 4 is 43.0 Å². The maximum Gasteiger partial charge on any atom is 0.250 e. The summed E-state index contributed by atoms with van der Waals surface area (Å²) >= 11 is 7.21. The molecule has 1 aliphatic rings. The third kappa shape index (κ3) is 3.79. The zero-order valence-electron chi connectivity index (χ0n) is 12.0. The minimum atomic E-state index is -3.45. The molecule has 5 nitrogen and oxygen atoms in total. The van der Waals surface area contributed by atoms with Crippen LogP contribution < -0.4 is 10.0 Å². The number of hydrogen-bond acceptors (Lipinski definition) is 5. The predicted octanol–water partition coefficient (Wildman–Crippen LogP) is 1.74. The van der Waals surface area contributed by atoms with Crippen LogP contribution in [0, 0.1) is 0 Å². The summed E-state index contributed by atoms with van der Waals surface area (Å²) in [6, 6.07) is 7.09. The molecule has 0 unspecified atom stereocenters. The number of nitrogens with zero attached hydrogens (tertiary/aromatic N) is 1. The molecule has 2 N–H and O–H groups in total. The molecule has 22 heavy (non-hydrogen) atoms. The van der Waals surface area contributed by atoms with E-state index in [2.05, 4.69) is 14.9 Å². The van der Waals surface area contributed by atoms with Crippen molar-refractivity contribution < 1.29 is 8.42 Å². The fraction of sp³-hybridized carbons (Fsp3) is 0.429. The Morgan fingerprint density at radius 2 is 2.05 bits per heavy atom. The molecule has 120 valence electrons. The molecule has 1 aliphatic heterocycles. The zero-order valence-corrected chi connectivity index (χ0v) is 14.4. The number of thiophene rings is 1. The number of fused-ring (bicyclic) bond motifs is 1. The van der Waals surface area contributed by atoms with Crippen molar-refractivity contribution in [3.63, 3.8) is 0 Å². The van der Waals surface area contributed by atoms with E-state index in [1.807, 2.05) is 6.07 Å². The van der Waals surface area contributed by atoms with Gasteiger partial charge in [-0.25, -0.2) is 13.1 Å². The lowest BCUT2D eigenvalue weighted by Crippen LogP contribution is -2.46. The van der Waals surface area contributed by atoms with Crippen LogP contribution >= 0.6 is 22.9 Å². The van der Waals surface area contributed by atoms with Gasteiger partial charge in [0.1, 0.15) is 4.21 Å². The summed E-state index contributed by atoms with van der Waals surface area (Å²) in [5.41, 5.74) is 0. The van der Waals surface area contributed by atoms with E-state index in [1.54, 1.807) is 18.2 Å². The Bertz CT molecular complexity index is 755. The molecule has 0 aliphatic carbocycles.